The smallest absolute Gasteiger partial charge is 0.308 e. The van der Waals surface area contributed by atoms with Gasteiger partial charge in [0.05, 0.1) is 7.11 Å². The third-order valence-corrected chi connectivity index (χ3v) is 5.23. The lowest BCUT2D eigenvalue weighted by Crippen LogP contribution is -2.14. The van der Waals surface area contributed by atoms with Gasteiger partial charge >= 0.3 is 5.97 Å². The van der Waals surface area contributed by atoms with Gasteiger partial charge < -0.3 is 9.47 Å². The second kappa shape index (κ2) is 6.83. The predicted molar refractivity (Wildman–Crippen MR) is 103 cm³/mol. The largest absolute Gasteiger partial charge is 0.493 e. The summed E-state index contributed by atoms with van der Waals surface area (Å²) in [4.78, 5) is 11.4. The maximum atomic E-state index is 11.4. The normalized spacial score (nSPS) is 16.2. The van der Waals surface area contributed by atoms with Crippen molar-refractivity contribution in [2.75, 3.05) is 7.11 Å². The van der Waals surface area contributed by atoms with Crippen LogP contribution in [0.1, 0.15) is 36.0 Å². The van der Waals surface area contributed by atoms with Gasteiger partial charge in [-0.25, -0.2) is 0 Å². The molecular weight excluding hydrogens is 324 g/mol. The number of esters is 1. The molecule has 0 bridgehead atoms. The molecule has 1 atom stereocenters. The van der Waals surface area contributed by atoms with Crippen molar-refractivity contribution in [3.63, 3.8) is 0 Å². The number of benzene rings is 3. The fourth-order valence-corrected chi connectivity index (χ4v) is 4.03. The fraction of sp³-hybridized carbons (Fsp3) is 0.261. The predicted octanol–water partition coefficient (Wildman–Crippen LogP) is 5.05. The minimum Gasteiger partial charge on any atom is -0.493 e. The van der Waals surface area contributed by atoms with Crippen LogP contribution in [-0.2, 0) is 17.6 Å². The first-order valence-corrected chi connectivity index (χ1v) is 9.01. The van der Waals surface area contributed by atoms with Crippen molar-refractivity contribution in [1.29, 1.82) is 0 Å². The zero-order valence-corrected chi connectivity index (χ0v) is 15.1. The van der Waals surface area contributed by atoms with E-state index in [1.54, 1.807) is 7.11 Å². The molecule has 0 saturated heterocycles. The van der Waals surface area contributed by atoms with E-state index in [-0.39, 0.29) is 5.97 Å². The molecule has 3 nitrogen and oxygen atoms in total. The van der Waals surface area contributed by atoms with E-state index in [2.05, 4.69) is 42.5 Å². The molecule has 4 rings (SSSR count). The van der Waals surface area contributed by atoms with E-state index in [1.165, 1.54) is 34.4 Å². The molecule has 3 heteroatoms. The molecule has 0 N–H and O–H groups in total. The second-order valence-electron chi connectivity index (χ2n) is 6.87. The Hall–Kier alpha value is -2.81. The highest BCUT2D eigenvalue weighted by Crippen LogP contribution is 2.40. The lowest BCUT2D eigenvalue weighted by Gasteiger charge is -2.27. The van der Waals surface area contributed by atoms with Crippen molar-refractivity contribution >= 4 is 16.7 Å². The molecular formula is C23H22O3. The van der Waals surface area contributed by atoms with Crippen LogP contribution in [0.15, 0.2) is 54.6 Å². The van der Waals surface area contributed by atoms with Crippen molar-refractivity contribution in [3.8, 4) is 11.5 Å². The first kappa shape index (κ1) is 16.6. The molecule has 26 heavy (non-hydrogen) atoms. The highest BCUT2D eigenvalue weighted by Gasteiger charge is 2.24. The maximum Gasteiger partial charge on any atom is 0.308 e. The van der Waals surface area contributed by atoms with Crippen molar-refractivity contribution in [1.82, 2.24) is 0 Å². The van der Waals surface area contributed by atoms with Crippen LogP contribution in [0, 0.1) is 0 Å². The highest BCUT2D eigenvalue weighted by molar-refractivity contribution is 5.86. The van der Waals surface area contributed by atoms with Gasteiger partial charge in [0.25, 0.3) is 0 Å². The summed E-state index contributed by atoms with van der Waals surface area (Å²) >= 11 is 0. The Kier molecular flexibility index (Phi) is 4.37. The van der Waals surface area contributed by atoms with Crippen LogP contribution >= 0.6 is 0 Å². The summed E-state index contributed by atoms with van der Waals surface area (Å²) in [6.45, 7) is 1.41. The Morgan fingerprint density at radius 2 is 1.77 bits per heavy atom. The molecule has 0 heterocycles. The quantitative estimate of drug-likeness (QED) is 0.492. The summed E-state index contributed by atoms with van der Waals surface area (Å²) in [6.07, 6.45) is 3.05. The third-order valence-electron chi connectivity index (χ3n) is 5.23. The molecule has 3 aromatic rings. The molecule has 132 valence electrons. The standard InChI is InChI=1S/C23H22O3/c1-15(24)26-23-14-19-12-18(11-10-17(19)13-22(23)25-2)21-9-5-7-16-6-3-4-8-20(16)21/h3-9,13-14,18H,10-12H2,1-2H3. The average Bonchev–Trinajstić information content (AvgIpc) is 2.66. The summed E-state index contributed by atoms with van der Waals surface area (Å²) in [5, 5.41) is 2.61. The molecule has 0 spiro atoms. The lowest BCUT2D eigenvalue weighted by atomic mass is 9.78. The summed E-state index contributed by atoms with van der Waals surface area (Å²) in [7, 11) is 1.61. The lowest BCUT2D eigenvalue weighted by molar-refractivity contribution is -0.132. The molecule has 0 aromatic heterocycles. The molecule has 0 amide bonds. The SMILES string of the molecule is COc1cc2c(cc1OC(C)=O)CC(c1cccc3ccccc13)CC2. The van der Waals surface area contributed by atoms with Crippen molar-refractivity contribution in [3.05, 3.63) is 71.3 Å². The van der Waals surface area contributed by atoms with Crippen molar-refractivity contribution in [2.24, 2.45) is 0 Å². The third kappa shape index (κ3) is 3.05. The van der Waals surface area contributed by atoms with Gasteiger partial charge in [-0.15, -0.1) is 0 Å². The van der Waals surface area contributed by atoms with Crippen LogP contribution in [-0.4, -0.2) is 13.1 Å². The van der Waals surface area contributed by atoms with E-state index in [0.717, 1.165) is 19.3 Å². The van der Waals surface area contributed by atoms with Gasteiger partial charge in [-0.3, -0.25) is 4.79 Å². The Bertz CT molecular complexity index is 969. The van der Waals surface area contributed by atoms with Crippen molar-refractivity contribution in [2.45, 2.75) is 32.1 Å². The number of carbonyl (C=O) groups is 1. The van der Waals surface area contributed by atoms with Gasteiger partial charge in [-0.2, -0.15) is 0 Å². The minimum absolute atomic E-state index is 0.329. The van der Waals surface area contributed by atoms with Crippen LogP contribution < -0.4 is 9.47 Å². The van der Waals surface area contributed by atoms with Gasteiger partial charge in [0, 0.05) is 6.92 Å². The number of methoxy groups -OCH3 is 1. The van der Waals surface area contributed by atoms with E-state index in [0.29, 0.717) is 17.4 Å². The van der Waals surface area contributed by atoms with Crippen LogP contribution in [0.2, 0.25) is 0 Å². The van der Waals surface area contributed by atoms with E-state index in [9.17, 15) is 4.79 Å². The number of aryl methyl sites for hydroxylation is 1. The first-order chi connectivity index (χ1) is 12.7. The summed E-state index contributed by atoms with van der Waals surface area (Å²) in [5.74, 6) is 1.27. The maximum absolute atomic E-state index is 11.4. The fourth-order valence-electron chi connectivity index (χ4n) is 4.03. The Morgan fingerprint density at radius 3 is 2.58 bits per heavy atom. The molecule has 1 unspecified atom stereocenters. The van der Waals surface area contributed by atoms with E-state index in [4.69, 9.17) is 9.47 Å². The Morgan fingerprint density at radius 1 is 1.00 bits per heavy atom. The zero-order valence-electron chi connectivity index (χ0n) is 15.1. The van der Waals surface area contributed by atoms with Gasteiger partial charge in [0.1, 0.15) is 0 Å². The summed E-state index contributed by atoms with van der Waals surface area (Å²) in [6, 6.07) is 19.1. The van der Waals surface area contributed by atoms with Crippen LogP contribution in [0.4, 0.5) is 0 Å². The zero-order chi connectivity index (χ0) is 18.1. The van der Waals surface area contributed by atoms with Gasteiger partial charge in [0.15, 0.2) is 11.5 Å². The molecule has 0 saturated carbocycles. The molecule has 3 aromatic carbocycles. The monoisotopic (exact) mass is 346 g/mol. The number of carbonyl (C=O) groups excluding carboxylic acids is 1. The Balaban J connectivity index is 1.72. The van der Waals surface area contributed by atoms with Crippen LogP contribution in [0.25, 0.3) is 10.8 Å². The number of ether oxygens (including phenoxy) is 2. The summed E-state index contributed by atoms with van der Waals surface area (Å²) in [5.41, 5.74) is 3.93. The number of hydrogen-bond donors (Lipinski definition) is 0. The van der Waals surface area contributed by atoms with E-state index < -0.39 is 0 Å². The average molecular weight is 346 g/mol. The Labute approximate surface area is 153 Å². The van der Waals surface area contributed by atoms with Gasteiger partial charge in [-0.05, 0) is 64.8 Å². The minimum atomic E-state index is -0.329. The molecule has 1 aliphatic rings. The number of fused-ring (bicyclic) bond motifs is 2. The van der Waals surface area contributed by atoms with Gasteiger partial charge in [-0.1, -0.05) is 42.5 Å². The topological polar surface area (TPSA) is 35.5 Å². The van der Waals surface area contributed by atoms with E-state index >= 15 is 0 Å². The first-order valence-electron chi connectivity index (χ1n) is 9.01. The molecule has 0 fully saturated rings. The summed E-state index contributed by atoms with van der Waals surface area (Å²) < 4.78 is 10.8. The van der Waals surface area contributed by atoms with E-state index in [1.807, 2.05) is 12.1 Å². The second-order valence-corrected chi connectivity index (χ2v) is 6.87. The van der Waals surface area contributed by atoms with Crippen molar-refractivity contribution < 1.29 is 14.3 Å². The highest BCUT2D eigenvalue weighted by atomic mass is 16.6. The number of hydrogen-bond acceptors (Lipinski definition) is 3. The van der Waals surface area contributed by atoms with Crippen LogP contribution in [0.5, 0.6) is 11.5 Å². The molecule has 0 aliphatic heterocycles. The molecule has 0 radical (unpaired) electrons. The van der Waals surface area contributed by atoms with Crippen LogP contribution in [0.3, 0.4) is 0 Å². The van der Waals surface area contributed by atoms with Gasteiger partial charge in [0.2, 0.25) is 0 Å². The molecule has 1 aliphatic carbocycles. The number of rotatable bonds is 3.